The van der Waals surface area contributed by atoms with Gasteiger partial charge in [-0.05, 0) is 38.0 Å². The second kappa shape index (κ2) is 7.97. The summed E-state index contributed by atoms with van der Waals surface area (Å²) in [5.74, 6) is 0. The number of hydrogen-bond donors (Lipinski definition) is 0. The highest BCUT2D eigenvalue weighted by molar-refractivity contribution is 9.20. The van der Waals surface area contributed by atoms with Gasteiger partial charge in [-0.3, -0.25) is 0 Å². The van der Waals surface area contributed by atoms with Gasteiger partial charge in [0.05, 0.1) is 0 Å². The number of hydrogen-bond acceptors (Lipinski definition) is 0. The molecule has 0 heterocycles. The van der Waals surface area contributed by atoms with E-state index in [1.165, 1.54) is 34.0 Å². The first kappa shape index (κ1) is 26.1. The third-order valence-electron chi connectivity index (χ3n) is 6.19. The molecule has 3 heteroatoms. The van der Waals surface area contributed by atoms with Crippen molar-refractivity contribution in [1.29, 1.82) is 0 Å². The van der Waals surface area contributed by atoms with E-state index in [-0.39, 0.29) is 16.2 Å². The molecule has 0 aromatic heterocycles. The van der Waals surface area contributed by atoms with Crippen molar-refractivity contribution in [2.75, 3.05) is 0 Å². The maximum Gasteiger partial charge on any atom is 0.101 e. The zero-order valence-corrected chi connectivity index (χ0v) is 24.5. The Hall–Kier alpha value is 0.0869. The van der Waals surface area contributed by atoms with Crippen LogP contribution < -0.4 is 5.30 Å². The molecule has 1 aromatic rings. The molecule has 0 amide bonds. The zero-order valence-electron chi connectivity index (χ0n) is 21.0. The summed E-state index contributed by atoms with van der Waals surface area (Å²) in [6.45, 7) is 33.4. The van der Waals surface area contributed by atoms with Crippen LogP contribution in [0.4, 0.5) is 0 Å². The van der Waals surface area contributed by atoms with E-state index in [0.717, 1.165) is 0 Å². The van der Waals surface area contributed by atoms with Gasteiger partial charge in [0.15, 0.2) is 0 Å². The Balaban J connectivity index is 4.00. The minimum atomic E-state index is -1.58. The average Bonchev–Trinajstić information content (AvgIpc) is 2.42. The molecule has 0 spiro atoms. The molecule has 1 aromatic carbocycles. The van der Waals surface area contributed by atoms with Crippen LogP contribution in [0.5, 0.6) is 0 Å². The first-order valence-corrected chi connectivity index (χ1v) is 15.2. The normalized spacial score (nSPS) is 15.2. The molecular weight excluding hydrogens is 439 g/mol. The van der Waals surface area contributed by atoms with Gasteiger partial charge < -0.3 is 0 Å². The molecule has 0 unspecified atom stereocenters. The van der Waals surface area contributed by atoms with Crippen molar-refractivity contribution in [2.24, 2.45) is 0 Å². The number of benzene rings is 1. The highest BCUT2D eigenvalue weighted by Crippen LogP contribution is 2.42. The van der Waals surface area contributed by atoms with Crippen LogP contribution in [-0.4, -0.2) is 11.9 Å². The molecule has 0 bridgehead atoms. The fourth-order valence-corrected chi connectivity index (χ4v) is 9.51. The highest BCUT2D eigenvalue weighted by Gasteiger charge is 2.39. The van der Waals surface area contributed by atoms with Gasteiger partial charge in [-0.25, -0.2) is 0 Å². The van der Waals surface area contributed by atoms with Gasteiger partial charge in [0, 0.05) is 9.13 Å². The van der Waals surface area contributed by atoms with Gasteiger partial charge in [0.1, 0.15) is 8.07 Å². The lowest BCUT2D eigenvalue weighted by molar-refractivity contribution is 0.554. The lowest BCUT2D eigenvalue weighted by Gasteiger charge is -2.37. The zero-order chi connectivity index (χ0) is 22.5. The van der Waals surface area contributed by atoms with E-state index in [0.29, 0.717) is 5.04 Å². The summed E-state index contributed by atoms with van der Waals surface area (Å²) in [6.07, 6.45) is 0. The van der Waals surface area contributed by atoms with Crippen LogP contribution in [0, 0.1) is 0 Å². The summed E-state index contributed by atoms with van der Waals surface area (Å²) in [4.78, 5) is 0. The maximum absolute atomic E-state index is 4.10. The van der Waals surface area contributed by atoms with Crippen LogP contribution in [0.15, 0.2) is 12.1 Å². The minimum Gasteiger partial charge on any atom is -0.0642 e. The second-order valence-electron chi connectivity index (χ2n) is 12.9. The van der Waals surface area contributed by atoms with Crippen molar-refractivity contribution in [3.05, 3.63) is 28.8 Å². The summed E-state index contributed by atoms with van der Waals surface area (Å²) >= 11 is 4.10. The molecule has 0 fully saturated rings. The Morgan fingerprint density at radius 3 is 1.32 bits per heavy atom. The summed E-state index contributed by atoms with van der Waals surface area (Å²) in [7, 11) is -0.224. The molecule has 1 rings (SSSR count). The van der Waals surface area contributed by atoms with Gasteiger partial charge in [-0.15, -0.1) is 0 Å². The molecule has 0 nitrogen and oxygen atoms in total. The van der Waals surface area contributed by atoms with Crippen LogP contribution >= 0.6 is 24.1 Å². The van der Waals surface area contributed by atoms with E-state index in [4.69, 9.17) is 0 Å². The summed E-state index contributed by atoms with van der Waals surface area (Å²) in [5, 5.41) is 1.85. The van der Waals surface area contributed by atoms with Crippen molar-refractivity contribution in [2.45, 2.75) is 117 Å². The van der Waals surface area contributed by atoms with E-state index in [1.807, 2.05) is 0 Å². The molecule has 0 aliphatic rings. The first-order chi connectivity index (χ1) is 12.1. The Labute approximate surface area is 187 Å². The van der Waals surface area contributed by atoms with Crippen molar-refractivity contribution in [3.63, 3.8) is 0 Å². The molecule has 0 radical (unpaired) electrons. The molecule has 0 aliphatic carbocycles. The first-order valence-electron chi connectivity index (χ1n) is 10.5. The van der Waals surface area contributed by atoms with E-state index < -0.39 is 8.07 Å². The summed E-state index contributed by atoms with van der Waals surface area (Å²) in [5.41, 5.74) is 4.83. The monoisotopic (exact) mass is 482 g/mol. The quantitative estimate of drug-likeness (QED) is 0.291. The third-order valence-corrected chi connectivity index (χ3v) is 17.4. The second-order valence-corrected chi connectivity index (χ2v) is 21.9. The molecule has 0 saturated heterocycles. The van der Waals surface area contributed by atoms with Crippen molar-refractivity contribution in [1.82, 2.24) is 0 Å². The molecule has 0 saturated carbocycles. The molecule has 0 aliphatic heterocycles. The van der Waals surface area contributed by atoms with Crippen LogP contribution in [0.25, 0.3) is 0 Å². The summed E-state index contributed by atoms with van der Waals surface area (Å²) in [6, 6.07) is 4.98. The standard InChI is InChI=1S/C25H44BrPSi/c1-22(2,3)17-15-18(23(4,5)6)20(19(16-17)24(7,8)9)27-21(26)28(13,14)25(10,11)12/h15-16H,1-14H3. The smallest absolute Gasteiger partial charge is 0.0642 e. The Bertz CT molecular complexity index is 710. The Kier molecular flexibility index (Phi) is 7.44. The van der Waals surface area contributed by atoms with Crippen molar-refractivity contribution < 1.29 is 0 Å². The fraction of sp³-hybridized carbons (Fsp3) is 0.720. The van der Waals surface area contributed by atoms with Crippen molar-refractivity contribution in [3.8, 4) is 0 Å². The van der Waals surface area contributed by atoms with Crippen molar-refractivity contribution >= 4 is 41.3 Å². The van der Waals surface area contributed by atoms with E-state index in [1.54, 1.807) is 0 Å². The lowest BCUT2D eigenvalue weighted by atomic mass is 9.75. The fourth-order valence-electron chi connectivity index (χ4n) is 2.88. The van der Waals surface area contributed by atoms with Crippen LogP contribution in [-0.2, 0) is 16.2 Å². The largest absolute Gasteiger partial charge is 0.101 e. The Morgan fingerprint density at radius 2 is 1.07 bits per heavy atom. The average molecular weight is 484 g/mol. The third kappa shape index (κ3) is 5.83. The molecular formula is C25H44BrPSi. The highest BCUT2D eigenvalue weighted by atomic mass is 79.9. The van der Waals surface area contributed by atoms with Gasteiger partial charge in [-0.2, -0.15) is 0 Å². The molecule has 28 heavy (non-hydrogen) atoms. The van der Waals surface area contributed by atoms with Gasteiger partial charge in [0.25, 0.3) is 0 Å². The van der Waals surface area contributed by atoms with E-state index in [9.17, 15) is 0 Å². The predicted octanol–water partition coefficient (Wildman–Crippen LogP) is 8.72. The van der Waals surface area contributed by atoms with Crippen LogP contribution in [0.1, 0.15) is 99.8 Å². The number of halogens is 1. The summed E-state index contributed by atoms with van der Waals surface area (Å²) < 4.78 is 1.51. The predicted molar refractivity (Wildman–Crippen MR) is 140 cm³/mol. The molecule has 0 N–H and O–H groups in total. The van der Waals surface area contributed by atoms with E-state index in [2.05, 4.69) is 124 Å². The molecule has 160 valence electrons. The van der Waals surface area contributed by atoms with Crippen LogP contribution in [0.2, 0.25) is 18.1 Å². The lowest BCUT2D eigenvalue weighted by Crippen LogP contribution is -2.43. The van der Waals surface area contributed by atoms with Gasteiger partial charge in [-0.1, -0.05) is 132 Å². The van der Waals surface area contributed by atoms with Crippen LogP contribution in [0.3, 0.4) is 0 Å². The minimum absolute atomic E-state index is 0.115. The Morgan fingerprint density at radius 1 is 0.714 bits per heavy atom. The van der Waals surface area contributed by atoms with Gasteiger partial charge in [0.2, 0.25) is 0 Å². The number of rotatable bonds is 2. The SMILES string of the molecule is CC(C)(C)c1cc(C(C)(C)C)c(P=C(Br)[Si](C)(C)C(C)(C)C)c(C(C)(C)C)c1. The maximum atomic E-state index is 4.10. The van der Waals surface area contributed by atoms with E-state index >= 15 is 0 Å². The van der Waals surface area contributed by atoms with Gasteiger partial charge >= 0.3 is 0 Å². The molecule has 0 atom stereocenters. The topological polar surface area (TPSA) is 0 Å².